The van der Waals surface area contributed by atoms with Crippen molar-refractivity contribution in [3.05, 3.63) is 36.4 Å². The second-order valence-electron chi connectivity index (χ2n) is 2.39. The highest BCUT2D eigenvalue weighted by Gasteiger charge is 1.93. The van der Waals surface area contributed by atoms with Crippen LogP contribution in [0.1, 0.15) is 19.1 Å². The summed E-state index contributed by atoms with van der Waals surface area (Å²) in [6, 6.07) is 3.82. The summed E-state index contributed by atoms with van der Waals surface area (Å²) in [7, 11) is 0. The average Bonchev–Trinajstić information content (AvgIpc) is 2.52. The van der Waals surface area contributed by atoms with E-state index in [0.29, 0.717) is 0 Å². The highest BCUT2D eigenvalue weighted by molar-refractivity contribution is 5.00. The van der Waals surface area contributed by atoms with Gasteiger partial charge in [-0.1, -0.05) is 13.5 Å². The Balaban J connectivity index is 2.29. The van der Waals surface area contributed by atoms with Crippen LogP contribution < -0.4 is 5.32 Å². The zero-order valence-corrected chi connectivity index (χ0v) is 6.76. The third-order valence-corrected chi connectivity index (χ3v) is 1.52. The summed E-state index contributed by atoms with van der Waals surface area (Å²) in [5, 5.41) is 3.15. The molecule has 1 rings (SSSR count). The fourth-order valence-electron chi connectivity index (χ4n) is 0.750. The van der Waals surface area contributed by atoms with Gasteiger partial charge in [0, 0.05) is 5.70 Å². The first-order valence-electron chi connectivity index (χ1n) is 3.77. The van der Waals surface area contributed by atoms with Crippen molar-refractivity contribution in [2.45, 2.75) is 19.9 Å². The Hall–Kier alpha value is -1.18. The molecule has 1 heterocycles. The van der Waals surface area contributed by atoms with E-state index >= 15 is 0 Å². The van der Waals surface area contributed by atoms with E-state index in [2.05, 4.69) is 18.8 Å². The van der Waals surface area contributed by atoms with Crippen LogP contribution >= 0.6 is 0 Å². The number of rotatable bonds is 4. The van der Waals surface area contributed by atoms with Crippen LogP contribution in [-0.2, 0) is 6.54 Å². The lowest BCUT2D eigenvalue weighted by atomic mass is 10.3. The second kappa shape index (κ2) is 3.86. The maximum Gasteiger partial charge on any atom is 0.122 e. The molecule has 0 aromatic carbocycles. The monoisotopic (exact) mass is 151 g/mol. The van der Waals surface area contributed by atoms with E-state index in [1.165, 1.54) is 0 Å². The van der Waals surface area contributed by atoms with Gasteiger partial charge in [-0.15, -0.1) is 0 Å². The van der Waals surface area contributed by atoms with Gasteiger partial charge in [-0.25, -0.2) is 0 Å². The quantitative estimate of drug-likeness (QED) is 0.714. The highest BCUT2D eigenvalue weighted by Crippen LogP contribution is 2.00. The second-order valence-corrected chi connectivity index (χ2v) is 2.39. The third kappa shape index (κ3) is 2.50. The van der Waals surface area contributed by atoms with Gasteiger partial charge < -0.3 is 9.73 Å². The molecule has 1 aromatic heterocycles. The first-order valence-corrected chi connectivity index (χ1v) is 3.77. The Morgan fingerprint density at radius 1 is 1.73 bits per heavy atom. The molecule has 0 aliphatic heterocycles. The van der Waals surface area contributed by atoms with Crippen molar-refractivity contribution in [3.63, 3.8) is 0 Å². The summed E-state index contributed by atoms with van der Waals surface area (Å²) in [5.41, 5.74) is 1.04. The van der Waals surface area contributed by atoms with Crippen molar-refractivity contribution < 1.29 is 4.42 Å². The summed E-state index contributed by atoms with van der Waals surface area (Å²) in [6.45, 7) is 6.62. The standard InChI is InChI=1S/C9H13NO/c1-3-8(2)10-7-9-5-4-6-11-9/h4-6,10H,2-3,7H2,1H3. The molecule has 1 N–H and O–H groups in total. The molecule has 0 aliphatic rings. The zero-order chi connectivity index (χ0) is 8.10. The molecule has 0 amide bonds. The van der Waals surface area contributed by atoms with Gasteiger partial charge >= 0.3 is 0 Å². The number of allylic oxidation sites excluding steroid dienone is 1. The van der Waals surface area contributed by atoms with Gasteiger partial charge in [0.15, 0.2) is 0 Å². The van der Waals surface area contributed by atoms with E-state index in [0.717, 1.165) is 24.4 Å². The van der Waals surface area contributed by atoms with Crippen molar-refractivity contribution >= 4 is 0 Å². The van der Waals surface area contributed by atoms with Gasteiger partial charge in [0.25, 0.3) is 0 Å². The van der Waals surface area contributed by atoms with Crippen LogP contribution in [0.4, 0.5) is 0 Å². The van der Waals surface area contributed by atoms with Crippen LogP contribution in [0.15, 0.2) is 35.1 Å². The molecule has 60 valence electrons. The highest BCUT2D eigenvalue weighted by atomic mass is 16.3. The largest absolute Gasteiger partial charge is 0.467 e. The maximum atomic E-state index is 5.12. The number of furan rings is 1. The minimum atomic E-state index is 0.736. The van der Waals surface area contributed by atoms with Crippen molar-refractivity contribution in [1.29, 1.82) is 0 Å². The molecular formula is C9H13NO. The Kier molecular flexibility index (Phi) is 2.78. The fraction of sp³-hybridized carbons (Fsp3) is 0.333. The summed E-state index contributed by atoms with van der Waals surface area (Å²) in [5.74, 6) is 0.944. The smallest absolute Gasteiger partial charge is 0.122 e. The molecular weight excluding hydrogens is 138 g/mol. The Labute approximate surface area is 66.9 Å². The molecule has 0 saturated carbocycles. The van der Waals surface area contributed by atoms with Gasteiger partial charge in [-0.2, -0.15) is 0 Å². The molecule has 2 heteroatoms. The van der Waals surface area contributed by atoms with Crippen molar-refractivity contribution in [3.8, 4) is 0 Å². The Bertz CT molecular complexity index is 213. The number of hydrogen-bond acceptors (Lipinski definition) is 2. The van der Waals surface area contributed by atoms with Gasteiger partial charge in [0.05, 0.1) is 12.8 Å². The van der Waals surface area contributed by atoms with Gasteiger partial charge in [0.1, 0.15) is 5.76 Å². The van der Waals surface area contributed by atoms with Gasteiger partial charge in [-0.3, -0.25) is 0 Å². The summed E-state index contributed by atoms with van der Waals surface area (Å²) < 4.78 is 5.12. The Morgan fingerprint density at radius 3 is 3.09 bits per heavy atom. The molecule has 0 fully saturated rings. The van der Waals surface area contributed by atoms with Crippen LogP contribution in [0.5, 0.6) is 0 Å². The van der Waals surface area contributed by atoms with Crippen LogP contribution in [-0.4, -0.2) is 0 Å². The minimum absolute atomic E-state index is 0.736. The first kappa shape index (κ1) is 7.92. The predicted octanol–water partition coefficient (Wildman–Crippen LogP) is 2.29. The number of hydrogen-bond donors (Lipinski definition) is 1. The van der Waals surface area contributed by atoms with Crippen molar-refractivity contribution in [2.75, 3.05) is 0 Å². The van der Waals surface area contributed by atoms with E-state index < -0.39 is 0 Å². The molecule has 0 unspecified atom stereocenters. The van der Waals surface area contributed by atoms with E-state index in [4.69, 9.17) is 4.42 Å². The minimum Gasteiger partial charge on any atom is -0.467 e. The molecule has 0 bridgehead atoms. The van der Waals surface area contributed by atoms with E-state index in [1.54, 1.807) is 6.26 Å². The summed E-state index contributed by atoms with van der Waals surface area (Å²) in [4.78, 5) is 0. The van der Waals surface area contributed by atoms with E-state index in [1.807, 2.05) is 12.1 Å². The predicted molar refractivity (Wildman–Crippen MR) is 45.0 cm³/mol. The molecule has 0 spiro atoms. The molecule has 0 atom stereocenters. The molecule has 0 saturated heterocycles. The van der Waals surface area contributed by atoms with Crippen molar-refractivity contribution in [1.82, 2.24) is 5.32 Å². The van der Waals surface area contributed by atoms with Crippen LogP contribution in [0, 0.1) is 0 Å². The summed E-state index contributed by atoms with van der Waals surface area (Å²) >= 11 is 0. The summed E-state index contributed by atoms with van der Waals surface area (Å²) in [6.07, 6.45) is 2.63. The third-order valence-electron chi connectivity index (χ3n) is 1.52. The van der Waals surface area contributed by atoms with Crippen LogP contribution in [0.25, 0.3) is 0 Å². The van der Waals surface area contributed by atoms with Gasteiger partial charge in [0.2, 0.25) is 0 Å². The van der Waals surface area contributed by atoms with Crippen LogP contribution in [0.2, 0.25) is 0 Å². The zero-order valence-electron chi connectivity index (χ0n) is 6.76. The lowest BCUT2D eigenvalue weighted by Gasteiger charge is -2.03. The molecule has 0 radical (unpaired) electrons. The normalized spacial score (nSPS) is 9.55. The van der Waals surface area contributed by atoms with E-state index in [9.17, 15) is 0 Å². The van der Waals surface area contributed by atoms with Crippen LogP contribution in [0.3, 0.4) is 0 Å². The SMILES string of the molecule is C=C(CC)NCc1ccco1. The molecule has 0 aliphatic carbocycles. The maximum absolute atomic E-state index is 5.12. The lowest BCUT2D eigenvalue weighted by Crippen LogP contribution is -2.10. The first-order chi connectivity index (χ1) is 5.33. The van der Waals surface area contributed by atoms with Crippen molar-refractivity contribution in [2.24, 2.45) is 0 Å². The molecule has 1 aromatic rings. The lowest BCUT2D eigenvalue weighted by molar-refractivity contribution is 0.494. The topological polar surface area (TPSA) is 25.2 Å². The van der Waals surface area contributed by atoms with Gasteiger partial charge in [-0.05, 0) is 18.6 Å². The number of nitrogens with one attached hydrogen (secondary N) is 1. The fourth-order valence-corrected chi connectivity index (χ4v) is 0.750. The van der Waals surface area contributed by atoms with E-state index in [-0.39, 0.29) is 0 Å². The Morgan fingerprint density at radius 2 is 2.55 bits per heavy atom. The average molecular weight is 151 g/mol. The molecule has 11 heavy (non-hydrogen) atoms. The molecule has 2 nitrogen and oxygen atoms in total.